The van der Waals surface area contributed by atoms with Crippen molar-refractivity contribution in [1.82, 2.24) is 0 Å². The summed E-state index contributed by atoms with van der Waals surface area (Å²) < 4.78 is 9.75. The Morgan fingerprint density at radius 3 is 2.33 bits per heavy atom. The molecule has 0 aliphatic heterocycles. The van der Waals surface area contributed by atoms with E-state index in [2.05, 4.69) is 0 Å². The second-order valence-corrected chi connectivity index (χ2v) is 2.23. The van der Waals surface area contributed by atoms with Crippen molar-refractivity contribution in [3.8, 4) is 0 Å². The third kappa shape index (κ3) is 4.06. The van der Waals surface area contributed by atoms with E-state index in [9.17, 15) is 4.57 Å². The fourth-order valence-electron chi connectivity index (χ4n) is 0.191. The van der Waals surface area contributed by atoms with Gasteiger partial charge in [-0.3, -0.25) is 0 Å². The first-order valence-electron chi connectivity index (χ1n) is 1.91. The highest BCUT2D eigenvalue weighted by molar-refractivity contribution is 7.37. The lowest BCUT2D eigenvalue weighted by molar-refractivity contribution is 0.502. The lowest BCUT2D eigenvalue weighted by Gasteiger charge is -1.65. The minimum atomic E-state index is -1.85. The van der Waals surface area contributed by atoms with Crippen molar-refractivity contribution in [1.29, 1.82) is 0 Å². The molecule has 0 saturated carbocycles. The average Bonchev–Trinajstić information content (AvgIpc) is 1.35. The van der Waals surface area contributed by atoms with Crippen LogP contribution in [0.2, 0.25) is 0 Å². The smallest absolute Gasteiger partial charge is 0.161 e. The van der Waals surface area contributed by atoms with E-state index < -0.39 is 8.03 Å². The van der Waals surface area contributed by atoms with Gasteiger partial charge in [0.1, 0.15) is 0 Å². The summed E-state index contributed by atoms with van der Waals surface area (Å²) in [4.78, 5) is 8.06. The highest BCUT2D eigenvalue weighted by Crippen LogP contribution is 2.12. The maximum atomic E-state index is 9.75. The largest absolute Gasteiger partial charge is 0.505 e. The third-order valence-corrected chi connectivity index (χ3v) is 1.24. The van der Waals surface area contributed by atoms with Gasteiger partial charge in [0.25, 0.3) is 0 Å². The van der Waals surface area contributed by atoms with E-state index in [1.807, 2.05) is 6.92 Å². The van der Waals surface area contributed by atoms with Gasteiger partial charge in [-0.25, -0.2) is 0 Å². The van der Waals surface area contributed by atoms with Crippen molar-refractivity contribution in [2.75, 3.05) is 6.16 Å². The predicted molar refractivity (Wildman–Crippen MR) is 25.0 cm³/mol. The van der Waals surface area contributed by atoms with Crippen molar-refractivity contribution in [3.63, 3.8) is 0 Å². The van der Waals surface area contributed by atoms with Gasteiger partial charge < -0.3 is 0 Å². The minimum absolute atomic E-state index is 0.440. The highest BCUT2D eigenvalue weighted by Gasteiger charge is 2.03. The van der Waals surface area contributed by atoms with E-state index >= 15 is 0 Å². The van der Waals surface area contributed by atoms with Crippen LogP contribution >= 0.6 is 8.03 Å². The lowest BCUT2D eigenvalue weighted by atomic mass is 10.6. The number of rotatable bonds is 2. The van der Waals surface area contributed by atoms with Gasteiger partial charge in [-0.2, -0.15) is 4.89 Å². The predicted octanol–water partition coefficient (Wildman–Crippen LogP) is 1.13. The van der Waals surface area contributed by atoms with Gasteiger partial charge in [-0.05, 0) is 11.0 Å². The molecular formula is C3H8O2P+. The Morgan fingerprint density at radius 1 is 1.83 bits per heavy atom. The first-order valence-corrected chi connectivity index (χ1v) is 3.30. The monoisotopic (exact) mass is 107 g/mol. The van der Waals surface area contributed by atoms with Gasteiger partial charge in [0.2, 0.25) is 0 Å². The topological polar surface area (TPSA) is 37.3 Å². The molecule has 0 spiro atoms. The minimum Gasteiger partial charge on any atom is -0.161 e. The van der Waals surface area contributed by atoms with Crippen LogP contribution in [0.1, 0.15) is 13.3 Å². The summed E-state index contributed by atoms with van der Waals surface area (Å²) in [5.41, 5.74) is 0. The zero-order valence-corrected chi connectivity index (χ0v) is 4.61. The summed E-state index contributed by atoms with van der Waals surface area (Å²) in [6.07, 6.45) is 1.24. The molecule has 6 heavy (non-hydrogen) atoms. The number of hydrogen-bond acceptors (Lipinski definition) is 1. The number of hydrogen-bond donors (Lipinski definition) is 1. The van der Waals surface area contributed by atoms with Gasteiger partial charge in [0.05, 0.1) is 0 Å². The van der Waals surface area contributed by atoms with Crippen LogP contribution in [0.25, 0.3) is 0 Å². The first kappa shape index (κ1) is 6.06. The van der Waals surface area contributed by atoms with Crippen LogP contribution in [-0.4, -0.2) is 11.1 Å². The van der Waals surface area contributed by atoms with Crippen molar-refractivity contribution < 1.29 is 9.46 Å². The Morgan fingerprint density at radius 2 is 2.33 bits per heavy atom. The zero-order chi connectivity index (χ0) is 4.99. The van der Waals surface area contributed by atoms with Crippen LogP contribution in [0.3, 0.4) is 0 Å². The van der Waals surface area contributed by atoms with Gasteiger partial charge >= 0.3 is 8.03 Å². The van der Waals surface area contributed by atoms with E-state index in [1.54, 1.807) is 0 Å². The Kier molecular flexibility index (Phi) is 3.29. The van der Waals surface area contributed by atoms with Gasteiger partial charge in [-0.15, -0.1) is 0 Å². The average molecular weight is 107 g/mol. The molecule has 0 aromatic heterocycles. The zero-order valence-electron chi connectivity index (χ0n) is 3.72. The molecule has 36 valence electrons. The first-order chi connectivity index (χ1) is 2.77. The summed E-state index contributed by atoms with van der Waals surface area (Å²) in [7, 11) is -1.85. The SMILES string of the molecule is CCC[P+](=O)O. The summed E-state index contributed by atoms with van der Waals surface area (Å²) in [5, 5.41) is 0. The molecule has 0 heterocycles. The van der Waals surface area contributed by atoms with E-state index in [-0.39, 0.29) is 0 Å². The third-order valence-electron chi connectivity index (χ3n) is 0.415. The molecule has 0 aliphatic carbocycles. The Balaban J connectivity index is 2.83. The van der Waals surface area contributed by atoms with E-state index in [0.29, 0.717) is 6.16 Å². The lowest BCUT2D eigenvalue weighted by Crippen LogP contribution is -1.67. The standard InChI is InChI=1S/C3H7O2P/c1-2-3-6(4)5/h2-3H2,1H3/p+1. The van der Waals surface area contributed by atoms with Gasteiger partial charge in [0.15, 0.2) is 6.16 Å². The molecule has 1 unspecified atom stereocenters. The van der Waals surface area contributed by atoms with Crippen LogP contribution < -0.4 is 0 Å². The van der Waals surface area contributed by atoms with E-state index in [1.165, 1.54) is 0 Å². The molecule has 0 aromatic rings. The maximum Gasteiger partial charge on any atom is 0.505 e. The van der Waals surface area contributed by atoms with E-state index in [0.717, 1.165) is 6.42 Å². The van der Waals surface area contributed by atoms with Crippen LogP contribution in [0, 0.1) is 0 Å². The van der Waals surface area contributed by atoms with Crippen molar-refractivity contribution in [2.45, 2.75) is 13.3 Å². The second-order valence-electron chi connectivity index (χ2n) is 1.08. The van der Waals surface area contributed by atoms with Gasteiger partial charge in [0, 0.05) is 0 Å². The maximum absolute atomic E-state index is 9.75. The molecule has 0 aromatic carbocycles. The molecule has 0 rings (SSSR count). The molecule has 0 fully saturated rings. The fourth-order valence-corrected chi connectivity index (χ4v) is 0.574. The molecule has 1 N–H and O–H groups in total. The van der Waals surface area contributed by atoms with Gasteiger partial charge in [-0.1, -0.05) is 6.92 Å². The van der Waals surface area contributed by atoms with Crippen LogP contribution in [-0.2, 0) is 4.57 Å². The molecule has 3 heteroatoms. The van der Waals surface area contributed by atoms with E-state index in [4.69, 9.17) is 4.89 Å². The normalized spacial score (nSPS) is 11.3. The molecule has 0 amide bonds. The molecule has 0 bridgehead atoms. The molecule has 0 radical (unpaired) electrons. The summed E-state index contributed by atoms with van der Waals surface area (Å²) in [6, 6.07) is 0. The molecular weight excluding hydrogens is 99.0 g/mol. The van der Waals surface area contributed by atoms with Crippen LogP contribution in [0.4, 0.5) is 0 Å². The molecule has 0 saturated heterocycles. The summed E-state index contributed by atoms with van der Waals surface area (Å²) in [6.45, 7) is 1.88. The molecule has 0 aliphatic rings. The fraction of sp³-hybridized carbons (Fsp3) is 1.00. The molecule has 2 nitrogen and oxygen atoms in total. The van der Waals surface area contributed by atoms with Crippen LogP contribution in [0.15, 0.2) is 0 Å². The Hall–Kier alpha value is 0.0600. The van der Waals surface area contributed by atoms with Crippen molar-refractivity contribution >= 4 is 8.03 Å². The quantitative estimate of drug-likeness (QED) is 0.537. The second kappa shape index (κ2) is 3.26. The highest BCUT2D eigenvalue weighted by atomic mass is 31.1. The molecule has 1 atom stereocenters. The van der Waals surface area contributed by atoms with Crippen LogP contribution in [0.5, 0.6) is 0 Å². The summed E-state index contributed by atoms with van der Waals surface area (Å²) >= 11 is 0. The Bertz CT molecular complexity index is 52.8. The van der Waals surface area contributed by atoms with Crippen molar-refractivity contribution in [3.05, 3.63) is 0 Å². The summed E-state index contributed by atoms with van der Waals surface area (Å²) in [5.74, 6) is 0. The van der Waals surface area contributed by atoms with Crippen molar-refractivity contribution in [2.24, 2.45) is 0 Å². The Labute approximate surface area is 38.1 Å².